The van der Waals surface area contributed by atoms with Crippen LogP contribution in [0.3, 0.4) is 0 Å². The van der Waals surface area contributed by atoms with Gasteiger partial charge in [-0.1, -0.05) is 13.8 Å². The molecule has 0 aromatic carbocycles. The molecule has 5 aliphatic rings. The Morgan fingerprint density at radius 1 is 0.923 bits per heavy atom. The van der Waals surface area contributed by atoms with Gasteiger partial charge in [0.1, 0.15) is 11.6 Å². The predicted octanol–water partition coefficient (Wildman–Crippen LogP) is 5.58. The van der Waals surface area contributed by atoms with E-state index in [0.29, 0.717) is 28.3 Å². The highest BCUT2D eigenvalue weighted by Gasteiger charge is 2.67. The molecule has 0 amide bonds. The van der Waals surface area contributed by atoms with Crippen molar-refractivity contribution >= 4 is 11.6 Å². The minimum Gasteiger partial charge on any atom is -0.300 e. The number of Topliss-reactive ketones (excluding diaryl/α,β-unsaturated/α-hetero) is 2. The summed E-state index contributed by atoms with van der Waals surface area (Å²) < 4.78 is 0. The predicted molar refractivity (Wildman–Crippen MR) is 103 cm³/mol. The summed E-state index contributed by atoms with van der Waals surface area (Å²) >= 11 is 0. The van der Waals surface area contributed by atoms with Crippen molar-refractivity contribution in [1.82, 2.24) is 0 Å². The third-order valence-electron chi connectivity index (χ3n) is 10.6. The van der Waals surface area contributed by atoms with Crippen LogP contribution in [0.15, 0.2) is 0 Å². The van der Waals surface area contributed by atoms with Crippen LogP contribution in [-0.2, 0) is 9.59 Å². The van der Waals surface area contributed by atoms with E-state index in [-0.39, 0.29) is 5.41 Å². The summed E-state index contributed by atoms with van der Waals surface area (Å²) in [6.07, 6.45) is 13.2. The highest BCUT2D eigenvalue weighted by Crippen LogP contribution is 2.74. The second-order valence-electron chi connectivity index (χ2n) is 11.3. The molecule has 0 aliphatic heterocycles. The fraction of sp³-hybridized carbons (Fsp3) is 0.917. The van der Waals surface area contributed by atoms with Gasteiger partial charge in [0.15, 0.2) is 0 Å². The van der Waals surface area contributed by atoms with Crippen molar-refractivity contribution in [2.45, 2.75) is 91.4 Å². The Hall–Kier alpha value is -0.660. The molecule has 2 nitrogen and oxygen atoms in total. The average molecular weight is 357 g/mol. The van der Waals surface area contributed by atoms with Crippen molar-refractivity contribution in [3.8, 4) is 0 Å². The minimum atomic E-state index is 0.257. The van der Waals surface area contributed by atoms with E-state index in [0.717, 1.165) is 49.4 Å². The first-order valence-electron chi connectivity index (χ1n) is 11.3. The number of hydrogen-bond acceptors (Lipinski definition) is 2. The molecule has 144 valence electrons. The van der Waals surface area contributed by atoms with Crippen molar-refractivity contribution in [3.63, 3.8) is 0 Å². The molecule has 7 atom stereocenters. The van der Waals surface area contributed by atoms with Gasteiger partial charge in [-0.3, -0.25) is 9.59 Å². The fourth-order valence-corrected chi connectivity index (χ4v) is 9.24. The van der Waals surface area contributed by atoms with Crippen LogP contribution < -0.4 is 0 Å². The van der Waals surface area contributed by atoms with E-state index in [9.17, 15) is 9.59 Å². The maximum Gasteiger partial charge on any atom is 0.133 e. The van der Waals surface area contributed by atoms with Crippen LogP contribution in [0.2, 0.25) is 0 Å². The van der Waals surface area contributed by atoms with E-state index in [2.05, 4.69) is 13.8 Å². The molecule has 5 fully saturated rings. The van der Waals surface area contributed by atoms with E-state index in [4.69, 9.17) is 0 Å². The van der Waals surface area contributed by atoms with E-state index < -0.39 is 0 Å². The monoisotopic (exact) mass is 356 g/mol. The second-order valence-corrected chi connectivity index (χ2v) is 11.3. The van der Waals surface area contributed by atoms with Gasteiger partial charge in [-0.25, -0.2) is 0 Å². The van der Waals surface area contributed by atoms with Gasteiger partial charge in [-0.15, -0.1) is 0 Å². The van der Waals surface area contributed by atoms with Crippen LogP contribution in [0.25, 0.3) is 0 Å². The molecule has 0 radical (unpaired) electrons. The summed E-state index contributed by atoms with van der Waals surface area (Å²) in [5.74, 6) is 4.49. The Morgan fingerprint density at radius 2 is 1.69 bits per heavy atom. The average Bonchev–Trinajstić information content (AvgIpc) is 3.37. The number of ketones is 2. The first-order chi connectivity index (χ1) is 12.3. The molecule has 7 unspecified atom stereocenters. The molecule has 2 heteroatoms. The molecule has 5 aliphatic carbocycles. The van der Waals surface area contributed by atoms with Crippen LogP contribution in [0, 0.1) is 45.8 Å². The first kappa shape index (κ1) is 17.4. The van der Waals surface area contributed by atoms with Gasteiger partial charge in [0, 0.05) is 18.8 Å². The maximum absolute atomic E-state index is 12.5. The summed E-state index contributed by atoms with van der Waals surface area (Å²) in [6.45, 7) is 6.87. The number of fused-ring (bicyclic) bond motifs is 5. The van der Waals surface area contributed by atoms with Gasteiger partial charge in [-0.05, 0) is 105 Å². The molecule has 5 saturated carbocycles. The van der Waals surface area contributed by atoms with Gasteiger partial charge in [0.25, 0.3) is 0 Å². The van der Waals surface area contributed by atoms with Crippen LogP contribution >= 0.6 is 0 Å². The van der Waals surface area contributed by atoms with Gasteiger partial charge in [-0.2, -0.15) is 0 Å². The first-order valence-corrected chi connectivity index (χ1v) is 11.3. The Bertz CT molecular complexity index is 649. The lowest BCUT2D eigenvalue weighted by Gasteiger charge is -2.65. The maximum atomic E-state index is 12.5. The fourth-order valence-electron chi connectivity index (χ4n) is 9.24. The number of carbonyl (C=O) groups is 2. The Morgan fingerprint density at radius 3 is 2.38 bits per heavy atom. The number of rotatable bonds is 2. The van der Waals surface area contributed by atoms with Gasteiger partial charge in [0.05, 0.1) is 0 Å². The zero-order valence-corrected chi connectivity index (χ0v) is 17.0. The zero-order valence-electron chi connectivity index (χ0n) is 17.0. The SMILES string of the molecule is CC(=O)C1CCC2C3CCC4(C5CC5)CC(=O)CCC4(C)C3CCC12C. The normalized spacial score (nSPS) is 53.6. The minimum absolute atomic E-state index is 0.257. The third-order valence-corrected chi connectivity index (χ3v) is 10.6. The molecule has 26 heavy (non-hydrogen) atoms. The van der Waals surface area contributed by atoms with Crippen molar-refractivity contribution in [1.29, 1.82) is 0 Å². The van der Waals surface area contributed by atoms with Crippen LogP contribution in [0.4, 0.5) is 0 Å². The zero-order chi connectivity index (χ0) is 18.3. The van der Waals surface area contributed by atoms with E-state index >= 15 is 0 Å². The largest absolute Gasteiger partial charge is 0.300 e. The molecule has 0 aromatic heterocycles. The lowest BCUT2D eigenvalue weighted by Crippen LogP contribution is -2.59. The van der Waals surface area contributed by atoms with Crippen molar-refractivity contribution < 1.29 is 9.59 Å². The lowest BCUT2D eigenvalue weighted by molar-refractivity contribution is -0.175. The molecular weight excluding hydrogens is 320 g/mol. The number of hydrogen-bond donors (Lipinski definition) is 0. The highest BCUT2D eigenvalue weighted by atomic mass is 16.1. The van der Waals surface area contributed by atoms with Crippen LogP contribution in [0.5, 0.6) is 0 Å². The molecular formula is C24H36O2. The molecule has 0 spiro atoms. The van der Waals surface area contributed by atoms with E-state index in [1.54, 1.807) is 0 Å². The smallest absolute Gasteiger partial charge is 0.133 e. The molecule has 5 rings (SSSR count). The Balaban J connectivity index is 1.50. The highest BCUT2D eigenvalue weighted by molar-refractivity contribution is 5.81. The lowest BCUT2D eigenvalue weighted by atomic mass is 9.39. The van der Waals surface area contributed by atoms with Crippen LogP contribution in [0.1, 0.15) is 91.4 Å². The summed E-state index contributed by atoms with van der Waals surface area (Å²) in [7, 11) is 0. The summed E-state index contributed by atoms with van der Waals surface area (Å²) in [6, 6.07) is 0. The summed E-state index contributed by atoms with van der Waals surface area (Å²) in [5, 5.41) is 0. The molecule has 0 aromatic rings. The molecule has 0 N–H and O–H groups in total. The van der Waals surface area contributed by atoms with Gasteiger partial charge in [0.2, 0.25) is 0 Å². The Kier molecular flexibility index (Phi) is 3.65. The quantitative estimate of drug-likeness (QED) is 0.647. The van der Waals surface area contributed by atoms with Crippen molar-refractivity contribution in [3.05, 3.63) is 0 Å². The standard InChI is InChI=1S/C24H36O2/c1-15(25)19-6-7-20-18-9-13-24(16-4-5-16)14-17(26)8-12-23(24,3)21(18)10-11-22(19,20)2/h16,18-21H,4-14H2,1-3H3. The van der Waals surface area contributed by atoms with Crippen LogP contribution in [-0.4, -0.2) is 11.6 Å². The van der Waals surface area contributed by atoms with Gasteiger partial charge >= 0.3 is 0 Å². The van der Waals surface area contributed by atoms with Crippen molar-refractivity contribution in [2.24, 2.45) is 45.8 Å². The Labute approximate surface area is 158 Å². The topological polar surface area (TPSA) is 34.1 Å². The second kappa shape index (κ2) is 5.45. The molecule has 0 saturated heterocycles. The summed E-state index contributed by atoms with van der Waals surface area (Å²) in [4.78, 5) is 24.8. The summed E-state index contributed by atoms with van der Waals surface area (Å²) in [5.41, 5.74) is 0.962. The molecule has 0 heterocycles. The third kappa shape index (κ3) is 2.05. The molecule has 0 bridgehead atoms. The van der Waals surface area contributed by atoms with E-state index in [1.807, 2.05) is 6.92 Å². The van der Waals surface area contributed by atoms with Crippen molar-refractivity contribution in [2.75, 3.05) is 0 Å². The van der Waals surface area contributed by atoms with Gasteiger partial charge < -0.3 is 0 Å². The number of carbonyl (C=O) groups excluding carboxylic acids is 2. The van der Waals surface area contributed by atoms with E-state index in [1.165, 1.54) is 44.9 Å².